The van der Waals surface area contributed by atoms with Crippen molar-refractivity contribution < 1.29 is 4.79 Å². The van der Waals surface area contributed by atoms with Gasteiger partial charge in [0, 0.05) is 45.1 Å². The van der Waals surface area contributed by atoms with E-state index in [0.29, 0.717) is 0 Å². The number of ketones is 1. The molecule has 1 aromatic carbocycles. The van der Waals surface area contributed by atoms with Gasteiger partial charge in [-0.1, -0.05) is 30.4 Å². The fourth-order valence-corrected chi connectivity index (χ4v) is 2.63. The van der Waals surface area contributed by atoms with Crippen LogP contribution < -0.4 is 4.90 Å². The van der Waals surface area contributed by atoms with E-state index in [9.17, 15) is 4.79 Å². The molecular weight excluding hydrogens is 272 g/mol. The molecule has 1 aliphatic carbocycles. The van der Waals surface area contributed by atoms with Gasteiger partial charge in [-0.05, 0) is 36.6 Å². The lowest BCUT2D eigenvalue weighted by molar-refractivity contribution is -0.113. The fourth-order valence-electron chi connectivity index (χ4n) is 2.63. The van der Waals surface area contributed by atoms with Gasteiger partial charge in [0.1, 0.15) is 0 Å². The monoisotopic (exact) mass is 296 g/mol. The Bertz CT molecular complexity index is 647. The first-order valence-corrected chi connectivity index (χ1v) is 7.47. The van der Waals surface area contributed by atoms with Gasteiger partial charge in [-0.2, -0.15) is 0 Å². The summed E-state index contributed by atoms with van der Waals surface area (Å²) >= 11 is 0. The standard InChI is InChI=1S/C19H24N2O/c1-14(22)15-6-8-16(9-7-15)19(21(4)5)17-10-12-18(13-11-17)20(2)3/h6-8,10-13H,9H2,1-5H3. The summed E-state index contributed by atoms with van der Waals surface area (Å²) in [5, 5.41) is 0. The summed E-state index contributed by atoms with van der Waals surface area (Å²) in [6, 6.07) is 8.55. The van der Waals surface area contributed by atoms with Crippen LogP contribution in [0.25, 0.3) is 5.70 Å². The van der Waals surface area contributed by atoms with Gasteiger partial charge in [-0.3, -0.25) is 4.79 Å². The molecular formula is C19H24N2O. The molecule has 0 heterocycles. The van der Waals surface area contributed by atoms with E-state index in [1.807, 2.05) is 26.2 Å². The summed E-state index contributed by atoms with van der Waals surface area (Å²) in [6.07, 6.45) is 6.77. The third kappa shape index (κ3) is 3.48. The maximum Gasteiger partial charge on any atom is 0.159 e. The Kier molecular flexibility index (Phi) is 4.86. The van der Waals surface area contributed by atoms with Crippen LogP contribution in [0.2, 0.25) is 0 Å². The second kappa shape index (κ2) is 6.65. The van der Waals surface area contributed by atoms with Crippen LogP contribution in [0.4, 0.5) is 5.69 Å². The maximum absolute atomic E-state index is 11.4. The van der Waals surface area contributed by atoms with Crippen LogP contribution in [0.15, 0.2) is 53.6 Å². The highest BCUT2D eigenvalue weighted by molar-refractivity contribution is 5.96. The number of rotatable bonds is 4. The molecule has 0 spiro atoms. The zero-order chi connectivity index (χ0) is 16.3. The number of Topliss-reactive ketones (excluding diaryl/α,β-unsaturated/α-hetero) is 1. The van der Waals surface area contributed by atoms with Gasteiger partial charge in [0.25, 0.3) is 0 Å². The van der Waals surface area contributed by atoms with Crippen molar-refractivity contribution in [2.75, 3.05) is 33.1 Å². The van der Waals surface area contributed by atoms with Crippen LogP contribution in [0.3, 0.4) is 0 Å². The minimum atomic E-state index is 0.122. The van der Waals surface area contributed by atoms with Crippen LogP contribution in [0.1, 0.15) is 18.9 Å². The van der Waals surface area contributed by atoms with E-state index in [2.05, 4.69) is 54.2 Å². The quantitative estimate of drug-likeness (QED) is 0.849. The normalized spacial score (nSPS) is 16.1. The largest absolute Gasteiger partial charge is 0.378 e. The topological polar surface area (TPSA) is 23.6 Å². The Labute approximate surface area is 133 Å². The molecule has 0 saturated heterocycles. The van der Waals surface area contributed by atoms with Crippen LogP contribution in [0.5, 0.6) is 0 Å². The molecule has 22 heavy (non-hydrogen) atoms. The molecule has 1 aromatic rings. The Hall–Kier alpha value is -2.29. The van der Waals surface area contributed by atoms with Crippen LogP contribution in [0, 0.1) is 0 Å². The minimum absolute atomic E-state index is 0.122. The third-order valence-corrected chi connectivity index (χ3v) is 3.82. The number of carbonyl (C=O) groups excluding carboxylic acids is 1. The van der Waals surface area contributed by atoms with E-state index >= 15 is 0 Å². The average Bonchev–Trinajstić information content (AvgIpc) is 2.48. The molecule has 0 radical (unpaired) electrons. The Balaban J connectivity index is 2.38. The van der Waals surface area contributed by atoms with Crippen LogP contribution >= 0.6 is 0 Å². The molecule has 0 aliphatic heterocycles. The highest BCUT2D eigenvalue weighted by atomic mass is 16.1. The van der Waals surface area contributed by atoms with Gasteiger partial charge in [0.2, 0.25) is 0 Å². The number of anilines is 1. The molecule has 0 bridgehead atoms. The molecule has 1 aliphatic rings. The second-order valence-electron chi connectivity index (χ2n) is 5.96. The van der Waals surface area contributed by atoms with Crippen molar-refractivity contribution in [3.63, 3.8) is 0 Å². The van der Waals surface area contributed by atoms with Crippen molar-refractivity contribution in [2.24, 2.45) is 0 Å². The van der Waals surface area contributed by atoms with E-state index in [0.717, 1.165) is 12.0 Å². The predicted molar refractivity (Wildman–Crippen MR) is 93.9 cm³/mol. The smallest absolute Gasteiger partial charge is 0.159 e. The van der Waals surface area contributed by atoms with Crippen LogP contribution in [-0.4, -0.2) is 38.9 Å². The minimum Gasteiger partial charge on any atom is -0.378 e. The predicted octanol–water partition coefficient (Wildman–Crippen LogP) is 3.50. The molecule has 3 nitrogen and oxygen atoms in total. The van der Waals surface area contributed by atoms with Gasteiger partial charge in [0.05, 0.1) is 0 Å². The molecule has 0 N–H and O–H groups in total. The molecule has 2 rings (SSSR count). The fraction of sp³-hybridized carbons (Fsp3) is 0.316. The molecule has 116 valence electrons. The summed E-state index contributed by atoms with van der Waals surface area (Å²) in [5.41, 5.74) is 5.59. The maximum atomic E-state index is 11.4. The van der Waals surface area contributed by atoms with Crippen molar-refractivity contribution in [2.45, 2.75) is 13.3 Å². The number of benzene rings is 1. The van der Waals surface area contributed by atoms with E-state index < -0.39 is 0 Å². The van der Waals surface area contributed by atoms with Crippen molar-refractivity contribution >= 4 is 17.2 Å². The number of hydrogen-bond donors (Lipinski definition) is 0. The van der Waals surface area contributed by atoms with E-state index in [1.165, 1.54) is 22.5 Å². The number of allylic oxidation sites excluding steroid dienone is 5. The Morgan fingerprint density at radius 1 is 1.00 bits per heavy atom. The lowest BCUT2D eigenvalue weighted by atomic mass is 9.95. The van der Waals surface area contributed by atoms with E-state index in [4.69, 9.17) is 0 Å². The van der Waals surface area contributed by atoms with Crippen molar-refractivity contribution in [1.29, 1.82) is 0 Å². The molecule has 0 saturated carbocycles. The zero-order valence-electron chi connectivity index (χ0n) is 14.1. The van der Waals surface area contributed by atoms with E-state index in [1.54, 1.807) is 6.92 Å². The molecule has 0 unspecified atom stereocenters. The Morgan fingerprint density at radius 3 is 2.05 bits per heavy atom. The van der Waals surface area contributed by atoms with Gasteiger partial charge in [-0.25, -0.2) is 0 Å². The highest BCUT2D eigenvalue weighted by Gasteiger charge is 2.13. The van der Waals surface area contributed by atoms with Gasteiger partial charge < -0.3 is 9.80 Å². The number of nitrogens with zero attached hydrogens (tertiary/aromatic N) is 2. The summed E-state index contributed by atoms with van der Waals surface area (Å²) < 4.78 is 0. The van der Waals surface area contributed by atoms with Gasteiger partial charge in [0.15, 0.2) is 5.78 Å². The summed E-state index contributed by atoms with van der Waals surface area (Å²) in [6.45, 7) is 1.61. The number of hydrogen-bond acceptors (Lipinski definition) is 3. The SMILES string of the molecule is CC(=O)C1=CCC(=C(c2ccc(N(C)C)cc2)N(C)C)C=C1. The summed E-state index contributed by atoms with van der Waals surface area (Å²) in [7, 11) is 8.19. The van der Waals surface area contributed by atoms with Crippen LogP contribution in [-0.2, 0) is 4.79 Å². The van der Waals surface area contributed by atoms with Crippen molar-refractivity contribution in [1.82, 2.24) is 4.90 Å². The molecule has 0 aromatic heterocycles. The summed E-state index contributed by atoms with van der Waals surface area (Å²) in [5.74, 6) is 0.122. The lowest BCUT2D eigenvalue weighted by Gasteiger charge is -2.23. The first-order chi connectivity index (χ1) is 10.4. The molecule has 3 heteroatoms. The molecule has 0 amide bonds. The van der Waals surface area contributed by atoms with Gasteiger partial charge >= 0.3 is 0 Å². The van der Waals surface area contributed by atoms with Gasteiger partial charge in [-0.15, -0.1) is 0 Å². The number of carbonyl (C=O) groups is 1. The lowest BCUT2D eigenvalue weighted by Crippen LogP contribution is -2.14. The summed E-state index contributed by atoms with van der Waals surface area (Å²) in [4.78, 5) is 15.7. The Morgan fingerprint density at radius 2 is 1.64 bits per heavy atom. The van der Waals surface area contributed by atoms with E-state index in [-0.39, 0.29) is 5.78 Å². The average molecular weight is 296 g/mol. The second-order valence-corrected chi connectivity index (χ2v) is 5.96. The zero-order valence-corrected chi connectivity index (χ0v) is 14.1. The van der Waals surface area contributed by atoms with Crippen molar-refractivity contribution in [3.05, 3.63) is 59.2 Å². The molecule has 0 fully saturated rings. The highest BCUT2D eigenvalue weighted by Crippen LogP contribution is 2.28. The third-order valence-electron chi connectivity index (χ3n) is 3.82. The molecule has 0 atom stereocenters. The first-order valence-electron chi connectivity index (χ1n) is 7.47. The van der Waals surface area contributed by atoms with Crippen molar-refractivity contribution in [3.8, 4) is 0 Å². The first kappa shape index (κ1) is 16.1.